The van der Waals surface area contributed by atoms with Crippen LogP contribution >= 0.6 is 35.6 Å². The summed E-state index contributed by atoms with van der Waals surface area (Å²) in [5.74, 6) is 0.624. The summed E-state index contributed by atoms with van der Waals surface area (Å²) in [7, 11) is 1.59. The van der Waals surface area contributed by atoms with E-state index in [-0.39, 0.29) is 12.4 Å². The molecule has 0 radical (unpaired) electrons. The Hall–Kier alpha value is -0.190. The van der Waals surface area contributed by atoms with Crippen LogP contribution in [0, 0.1) is 0 Å². The standard InChI is InChI=1S/C13H18Cl2N2O.ClH/c1-9-7-17(4-3-16-9)8-10-5-12(15)13(18-2)6-11(10)14;/h5-6,9,16H,3-4,7-8H2,1-2H3;1H/t9-;/m0./s1. The van der Waals surface area contributed by atoms with Crippen LogP contribution < -0.4 is 10.1 Å². The molecule has 0 amide bonds. The Bertz CT molecular complexity index is 429. The van der Waals surface area contributed by atoms with Gasteiger partial charge in [-0.2, -0.15) is 0 Å². The van der Waals surface area contributed by atoms with Crippen molar-refractivity contribution >= 4 is 35.6 Å². The Kier molecular flexibility index (Phi) is 6.71. The topological polar surface area (TPSA) is 24.5 Å². The molecule has 1 aromatic carbocycles. The molecule has 2 rings (SSSR count). The number of methoxy groups -OCH3 is 1. The summed E-state index contributed by atoms with van der Waals surface area (Å²) >= 11 is 12.4. The highest BCUT2D eigenvalue weighted by Crippen LogP contribution is 2.31. The summed E-state index contributed by atoms with van der Waals surface area (Å²) in [6.45, 7) is 6.09. The van der Waals surface area contributed by atoms with Crippen molar-refractivity contribution < 1.29 is 4.74 Å². The highest BCUT2D eigenvalue weighted by molar-refractivity contribution is 6.34. The largest absolute Gasteiger partial charge is 0.495 e. The summed E-state index contributed by atoms with van der Waals surface area (Å²) in [5.41, 5.74) is 1.05. The van der Waals surface area contributed by atoms with Gasteiger partial charge in [0.05, 0.1) is 12.1 Å². The SMILES string of the molecule is COc1cc(Cl)c(CN2CCN[C@@H](C)C2)cc1Cl.Cl. The van der Waals surface area contributed by atoms with Crippen molar-refractivity contribution in [2.45, 2.75) is 19.5 Å². The maximum Gasteiger partial charge on any atom is 0.138 e. The summed E-state index contributed by atoms with van der Waals surface area (Å²) in [6.07, 6.45) is 0. The number of halogens is 3. The van der Waals surface area contributed by atoms with E-state index in [1.807, 2.05) is 6.07 Å². The molecule has 108 valence electrons. The smallest absolute Gasteiger partial charge is 0.138 e. The molecule has 1 N–H and O–H groups in total. The van der Waals surface area contributed by atoms with Gasteiger partial charge in [0.2, 0.25) is 0 Å². The number of rotatable bonds is 3. The van der Waals surface area contributed by atoms with Gasteiger partial charge in [-0.25, -0.2) is 0 Å². The maximum absolute atomic E-state index is 6.25. The second-order valence-corrected chi connectivity index (χ2v) is 5.48. The molecular weight excluding hydrogens is 307 g/mol. The molecule has 1 fully saturated rings. The van der Waals surface area contributed by atoms with Gasteiger partial charge in [0, 0.05) is 43.3 Å². The monoisotopic (exact) mass is 324 g/mol. The molecule has 0 saturated carbocycles. The molecule has 0 aliphatic carbocycles. The highest BCUT2D eigenvalue weighted by Gasteiger charge is 2.17. The second-order valence-electron chi connectivity index (χ2n) is 4.67. The summed E-state index contributed by atoms with van der Waals surface area (Å²) in [5, 5.41) is 4.74. The van der Waals surface area contributed by atoms with Crippen LogP contribution in [0.3, 0.4) is 0 Å². The molecule has 0 aromatic heterocycles. The van der Waals surface area contributed by atoms with Gasteiger partial charge < -0.3 is 10.1 Å². The lowest BCUT2D eigenvalue weighted by molar-refractivity contribution is 0.199. The third-order valence-electron chi connectivity index (χ3n) is 3.17. The molecule has 0 spiro atoms. The lowest BCUT2D eigenvalue weighted by Crippen LogP contribution is -2.48. The first-order valence-corrected chi connectivity index (χ1v) is 6.83. The third-order valence-corrected chi connectivity index (χ3v) is 3.81. The van der Waals surface area contributed by atoms with E-state index in [1.54, 1.807) is 13.2 Å². The van der Waals surface area contributed by atoms with Gasteiger partial charge in [-0.05, 0) is 18.6 Å². The Morgan fingerprint density at radius 3 is 2.74 bits per heavy atom. The van der Waals surface area contributed by atoms with Gasteiger partial charge in [-0.1, -0.05) is 23.2 Å². The van der Waals surface area contributed by atoms with Crippen LogP contribution in [0.15, 0.2) is 12.1 Å². The van der Waals surface area contributed by atoms with E-state index in [4.69, 9.17) is 27.9 Å². The molecule has 1 atom stereocenters. The van der Waals surface area contributed by atoms with Crippen LogP contribution in [0.4, 0.5) is 0 Å². The molecule has 1 aromatic rings. The average molecular weight is 326 g/mol. The van der Waals surface area contributed by atoms with Crippen LogP contribution in [-0.4, -0.2) is 37.7 Å². The number of piperazine rings is 1. The molecule has 6 heteroatoms. The molecular formula is C13H19Cl3N2O. The van der Waals surface area contributed by atoms with Crippen molar-refractivity contribution in [3.63, 3.8) is 0 Å². The molecule has 1 heterocycles. The van der Waals surface area contributed by atoms with Gasteiger partial charge in [0.25, 0.3) is 0 Å². The van der Waals surface area contributed by atoms with Crippen LogP contribution in [0.1, 0.15) is 12.5 Å². The molecule has 0 unspecified atom stereocenters. The molecule has 19 heavy (non-hydrogen) atoms. The van der Waals surface area contributed by atoms with Crippen molar-refractivity contribution in [3.8, 4) is 5.75 Å². The maximum atomic E-state index is 6.25. The minimum atomic E-state index is 0. The zero-order valence-electron chi connectivity index (χ0n) is 11.1. The van der Waals surface area contributed by atoms with Crippen molar-refractivity contribution in [3.05, 3.63) is 27.7 Å². The van der Waals surface area contributed by atoms with Gasteiger partial charge in [0.15, 0.2) is 0 Å². The van der Waals surface area contributed by atoms with Crippen molar-refractivity contribution in [1.82, 2.24) is 10.2 Å². The van der Waals surface area contributed by atoms with Crippen molar-refractivity contribution in [2.75, 3.05) is 26.7 Å². The van der Waals surface area contributed by atoms with Gasteiger partial charge in [-0.3, -0.25) is 4.90 Å². The Morgan fingerprint density at radius 2 is 2.11 bits per heavy atom. The zero-order chi connectivity index (χ0) is 13.1. The van der Waals surface area contributed by atoms with Gasteiger partial charge in [-0.15, -0.1) is 12.4 Å². The minimum absolute atomic E-state index is 0. The summed E-state index contributed by atoms with van der Waals surface area (Å²) in [6, 6.07) is 4.20. The summed E-state index contributed by atoms with van der Waals surface area (Å²) in [4.78, 5) is 2.38. The van der Waals surface area contributed by atoms with Gasteiger partial charge in [0.1, 0.15) is 5.75 Å². The molecule has 1 saturated heterocycles. The Labute approximate surface area is 130 Å². The average Bonchev–Trinajstić information content (AvgIpc) is 2.33. The fourth-order valence-corrected chi connectivity index (χ4v) is 2.72. The lowest BCUT2D eigenvalue weighted by Gasteiger charge is -2.32. The van der Waals surface area contributed by atoms with E-state index >= 15 is 0 Å². The number of ether oxygens (including phenoxy) is 1. The number of nitrogens with one attached hydrogen (secondary N) is 1. The number of benzene rings is 1. The van der Waals surface area contributed by atoms with Crippen LogP contribution in [-0.2, 0) is 6.54 Å². The molecule has 1 aliphatic heterocycles. The van der Waals surface area contributed by atoms with E-state index in [9.17, 15) is 0 Å². The highest BCUT2D eigenvalue weighted by atomic mass is 35.5. The fourth-order valence-electron chi connectivity index (χ4n) is 2.24. The summed E-state index contributed by atoms with van der Waals surface area (Å²) < 4.78 is 5.15. The first kappa shape index (κ1) is 16.9. The first-order valence-electron chi connectivity index (χ1n) is 6.08. The normalized spacial score (nSPS) is 19.9. The van der Waals surface area contributed by atoms with Crippen LogP contribution in [0.25, 0.3) is 0 Å². The van der Waals surface area contributed by atoms with Crippen molar-refractivity contribution in [1.29, 1.82) is 0 Å². The number of hydrogen-bond acceptors (Lipinski definition) is 3. The quantitative estimate of drug-likeness (QED) is 0.923. The Morgan fingerprint density at radius 1 is 1.37 bits per heavy atom. The fraction of sp³-hybridized carbons (Fsp3) is 0.538. The second kappa shape index (κ2) is 7.55. The minimum Gasteiger partial charge on any atom is -0.495 e. The van der Waals surface area contributed by atoms with Crippen molar-refractivity contribution in [2.24, 2.45) is 0 Å². The Balaban J connectivity index is 0.00000180. The van der Waals surface area contributed by atoms with E-state index in [0.717, 1.165) is 31.7 Å². The number of hydrogen-bond donors (Lipinski definition) is 1. The van der Waals surface area contributed by atoms with Gasteiger partial charge >= 0.3 is 0 Å². The molecule has 3 nitrogen and oxygen atoms in total. The molecule has 0 bridgehead atoms. The van der Waals surface area contributed by atoms with Crippen LogP contribution in [0.5, 0.6) is 5.75 Å². The third kappa shape index (κ3) is 4.40. The predicted molar refractivity (Wildman–Crippen MR) is 83.0 cm³/mol. The number of nitrogens with zero attached hydrogens (tertiary/aromatic N) is 1. The first-order chi connectivity index (χ1) is 8.60. The van der Waals surface area contributed by atoms with E-state index in [2.05, 4.69) is 17.1 Å². The zero-order valence-corrected chi connectivity index (χ0v) is 13.4. The van der Waals surface area contributed by atoms with E-state index < -0.39 is 0 Å². The van der Waals surface area contributed by atoms with E-state index in [1.165, 1.54) is 0 Å². The van der Waals surface area contributed by atoms with Crippen LogP contribution in [0.2, 0.25) is 10.0 Å². The van der Waals surface area contributed by atoms with E-state index in [0.29, 0.717) is 21.8 Å². The molecule has 1 aliphatic rings. The lowest BCUT2D eigenvalue weighted by atomic mass is 10.1. The predicted octanol–water partition coefficient (Wildman–Crippen LogP) is 3.22.